The first-order valence-corrected chi connectivity index (χ1v) is 8.92. The second kappa shape index (κ2) is 8.89. The number of nitrogens with two attached hydrogens (primary N) is 1. The zero-order valence-electron chi connectivity index (χ0n) is 15.8. The van der Waals surface area contributed by atoms with Gasteiger partial charge in [0.05, 0.1) is 0 Å². The van der Waals surface area contributed by atoms with Crippen LogP contribution in [0, 0.1) is 5.92 Å². The lowest BCUT2D eigenvalue weighted by atomic mass is 10.1. The molecule has 0 spiro atoms. The van der Waals surface area contributed by atoms with Crippen LogP contribution in [0.5, 0.6) is 0 Å². The molecule has 0 aromatic heterocycles. The van der Waals surface area contributed by atoms with Gasteiger partial charge in [0.2, 0.25) is 0 Å². The number of amides is 2. The summed E-state index contributed by atoms with van der Waals surface area (Å²) in [5, 5.41) is 0. The van der Waals surface area contributed by atoms with E-state index in [9.17, 15) is 9.59 Å². The second-order valence-electron chi connectivity index (χ2n) is 7.51. The third kappa shape index (κ3) is 6.22. The van der Waals surface area contributed by atoms with E-state index in [-0.39, 0.29) is 18.6 Å². The summed E-state index contributed by atoms with van der Waals surface area (Å²) in [6, 6.07) is 9.53. The zero-order chi connectivity index (χ0) is 19.2. The molecule has 1 aliphatic rings. The summed E-state index contributed by atoms with van der Waals surface area (Å²) in [4.78, 5) is 28.0. The van der Waals surface area contributed by atoms with E-state index >= 15 is 0 Å². The van der Waals surface area contributed by atoms with Crippen molar-refractivity contribution >= 4 is 12.2 Å². The van der Waals surface area contributed by atoms with Crippen LogP contribution in [0.4, 0.5) is 9.59 Å². The smallest absolute Gasteiger partial charge is 0.410 e. The molecular weight excluding hydrogens is 334 g/mol. The molecule has 7 heteroatoms. The molecule has 0 radical (unpaired) electrons. The van der Waals surface area contributed by atoms with Crippen molar-refractivity contribution in [2.45, 2.75) is 33.0 Å². The Bertz CT molecular complexity index is 601. The van der Waals surface area contributed by atoms with Crippen molar-refractivity contribution in [1.82, 2.24) is 9.80 Å². The van der Waals surface area contributed by atoms with E-state index in [1.807, 2.05) is 51.1 Å². The van der Waals surface area contributed by atoms with Crippen molar-refractivity contribution in [2.24, 2.45) is 11.7 Å². The average molecular weight is 363 g/mol. The highest BCUT2D eigenvalue weighted by molar-refractivity contribution is 5.70. The molecule has 1 saturated heterocycles. The maximum atomic E-state index is 12.4. The van der Waals surface area contributed by atoms with Crippen molar-refractivity contribution in [1.29, 1.82) is 0 Å². The number of carbonyl (C=O) groups excluding carboxylic acids is 2. The van der Waals surface area contributed by atoms with Crippen molar-refractivity contribution in [2.75, 3.05) is 32.7 Å². The molecule has 1 unspecified atom stereocenters. The van der Waals surface area contributed by atoms with Gasteiger partial charge < -0.3 is 25.0 Å². The Hall–Kier alpha value is -2.28. The third-order valence-electron chi connectivity index (χ3n) is 4.05. The minimum Gasteiger partial charge on any atom is -0.445 e. The lowest BCUT2D eigenvalue weighted by molar-refractivity contribution is 0.0240. The monoisotopic (exact) mass is 363 g/mol. The van der Waals surface area contributed by atoms with Gasteiger partial charge in [-0.3, -0.25) is 0 Å². The zero-order valence-corrected chi connectivity index (χ0v) is 15.8. The van der Waals surface area contributed by atoms with E-state index in [1.54, 1.807) is 9.80 Å². The lowest BCUT2D eigenvalue weighted by Gasteiger charge is -2.27. The van der Waals surface area contributed by atoms with E-state index in [1.165, 1.54) is 0 Å². The molecule has 1 fully saturated rings. The van der Waals surface area contributed by atoms with Crippen molar-refractivity contribution in [3.8, 4) is 0 Å². The Morgan fingerprint density at radius 1 is 1.08 bits per heavy atom. The Morgan fingerprint density at radius 2 is 1.65 bits per heavy atom. The number of hydrogen-bond acceptors (Lipinski definition) is 5. The molecule has 1 heterocycles. The molecule has 26 heavy (non-hydrogen) atoms. The van der Waals surface area contributed by atoms with E-state index in [0.29, 0.717) is 32.7 Å². The predicted octanol–water partition coefficient (Wildman–Crippen LogP) is 2.45. The number of carbonyl (C=O) groups is 2. The molecule has 2 N–H and O–H groups in total. The summed E-state index contributed by atoms with van der Waals surface area (Å²) in [5.74, 6) is -0.0192. The fourth-order valence-corrected chi connectivity index (χ4v) is 2.72. The number of rotatable bonds is 3. The van der Waals surface area contributed by atoms with Gasteiger partial charge in [-0.25, -0.2) is 9.59 Å². The summed E-state index contributed by atoms with van der Waals surface area (Å²) < 4.78 is 10.8. The molecule has 0 aliphatic carbocycles. The molecule has 144 valence electrons. The van der Waals surface area contributed by atoms with Crippen LogP contribution in [0.2, 0.25) is 0 Å². The van der Waals surface area contributed by atoms with E-state index in [0.717, 1.165) is 5.56 Å². The quantitative estimate of drug-likeness (QED) is 0.892. The van der Waals surface area contributed by atoms with Crippen LogP contribution in [0.25, 0.3) is 0 Å². The van der Waals surface area contributed by atoms with Gasteiger partial charge in [-0.05, 0) is 32.9 Å². The van der Waals surface area contributed by atoms with Crippen LogP contribution in [0.3, 0.4) is 0 Å². The van der Waals surface area contributed by atoms with Gasteiger partial charge in [-0.2, -0.15) is 0 Å². The standard InChI is InChI=1S/C19H29N3O4/c1-19(2,3)26-18(24)22-10-9-21(12-16(11-20)13-22)17(23)25-14-15-7-5-4-6-8-15/h4-8,16H,9-14,20H2,1-3H3. The fourth-order valence-electron chi connectivity index (χ4n) is 2.72. The van der Waals surface area contributed by atoms with Crippen LogP contribution in [0.15, 0.2) is 30.3 Å². The molecule has 0 saturated carbocycles. The van der Waals surface area contributed by atoms with Crippen LogP contribution < -0.4 is 5.73 Å². The number of hydrogen-bond donors (Lipinski definition) is 1. The summed E-state index contributed by atoms with van der Waals surface area (Å²) in [6.45, 7) is 7.80. The summed E-state index contributed by atoms with van der Waals surface area (Å²) >= 11 is 0. The Balaban J connectivity index is 1.94. The summed E-state index contributed by atoms with van der Waals surface area (Å²) in [6.07, 6.45) is -0.770. The lowest BCUT2D eigenvalue weighted by Crippen LogP contribution is -2.41. The summed E-state index contributed by atoms with van der Waals surface area (Å²) in [7, 11) is 0. The summed E-state index contributed by atoms with van der Waals surface area (Å²) in [5.41, 5.74) is 6.20. The first kappa shape index (κ1) is 20.0. The van der Waals surface area contributed by atoms with Crippen LogP contribution in [0.1, 0.15) is 26.3 Å². The van der Waals surface area contributed by atoms with E-state index in [2.05, 4.69) is 0 Å². The van der Waals surface area contributed by atoms with Crippen molar-refractivity contribution < 1.29 is 19.1 Å². The van der Waals surface area contributed by atoms with Crippen LogP contribution in [-0.2, 0) is 16.1 Å². The van der Waals surface area contributed by atoms with Gasteiger partial charge in [-0.15, -0.1) is 0 Å². The van der Waals surface area contributed by atoms with Crippen molar-refractivity contribution in [3.05, 3.63) is 35.9 Å². The molecule has 1 atom stereocenters. The average Bonchev–Trinajstić information content (AvgIpc) is 2.82. The van der Waals surface area contributed by atoms with E-state index < -0.39 is 11.7 Å². The Labute approximate surface area is 155 Å². The largest absolute Gasteiger partial charge is 0.445 e. The maximum Gasteiger partial charge on any atom is 0.410 e. The van der Waals surface area contributed by atoms with E-state index in [4.69, 9.17) is 15.2 Å². The number of ether oxygens (including phenoxy) is 2. The highest BCUT2D eigenvalue weighted by Crippen LogP contribution is 2.15. The topological polar surface area (TPSA) is 85.1 Å². The maximum absolute atomic E-state index is 12.4. The molecular formula is C19H29N3O4. The van der Waals surface area contributed by atoms with Gasteiger partial charge in [0.1, 0.15) is 12.2 Å². The van der Waals surface area contributed by atoms with Crippen LogP contribution in [-0.4, -0.2) is 60.3 Å². The van der Waals surface area contributed by atoms with Gasteiger partial charge >= 0.3 is 12.2 Å². The molecule has 1 aromatic carbocycles. The second-order valence-corrected chi connectivity index (χ2v) is 7.51. The van der Waals surface area contributed by atoms with Gasteiger partial charge in [0.15, 0.2) is 0 Å². The van der Waals surface area contributed by atoms with Gasteiger partial charge in [-0.1, -0.05) is 30.3 Å². The highest BCUT2D eigenvalue weighted by atomic mass is 16.6. The SMILES string of the molecule is CC(C)(C)OC(=O)N1CCN(C(=O)OCc2ccccc2)CC(CN)C1. The molecule has 0 bridgehead atoms. The predicted molar refractivity (Wildman–Crippen MR) is 98.6 cm³/mol. The van der Waals surface area contributed by atoms with Gasteiger partial charge in [0.25, 0.3) is 0 Å². The highest BCUT2D eigenvalue weighted by Gasteiger charge is 2.30. The molecule has 1 aromatic rings. The normalized spacial score (nSPS) is 18.2. The Kier molecular flexibility index (Phi) is 6.85. The minimum atomic E-state index is -0.560. The minimum absolute atomic E-state index is 0.0192. The first-order chi connectivity index (χ1) is 12.3. The molecule has 2 amide bonds. The molecule has 7 nitrogen and oxygen atoms in total. The molecule has 2 rings (SSSR count). The number of nitrogens with zero attached hydrogens (tertiary/aromatic N) is 2. The first-order valence-electron chi connectivity index (χ1n) is 8.92. The van der Waals surface area contributed by atoms with Crippen molar-refractivity contribution in [3.63, 3.8) is 0 Å². The third-order valence-corrected chi connectivity index (χ3v) is 4.05. The Morgan fingerprint density at radius 3 is 2.19 bits per heavy atom. The van der Waals surface area contributed by atoms with Gasteiger partial charge in [0, 0.05) is 32.1 Å². The number of benzene rings is 1. The van der Waals surface area contributed by atoms with Crippen LogP contribution >= 0.6 is 0 Å². The fraction of sp³-hybridized carbons (Fsp3) is 0.579. The molecule has 1 aliphatic heterocycles.